The number of pyridine rings is 1. The number of nitrogens with zero attached hydrogens (tertiary/aromatic N) is 9. The van der Waals surface area contributed by atoms with Crippen LogP contribution in [0.5, 0.6) is 23.0 Å². The number of benzene rings is 3. The van der Waals surface area contributed by atoms with E-state index >= 15 is 0 Å². The fourth-order valence-electron chi connectivity index (χ4n) is 7.55. The van der Waals surface area contributed by atoms with Crippen LogP contribution in [-0.4, -0.2) is 87.9 Å². The predicted molar refractivity (Wildman–Crippen MR) is 241 cm³/mol. The highest BCUT2D eigenvalue weighted by atomic mass is 28.4. The lowest BCUT2D eigenvalue weighted by Gasteiger charge is -2.38. The monoisotopic (exact) mass is 877 g/mol. The van der Waals surface area contributed by atoms with E-state index in [2.05, 4.69) is 58.9 Å². The van der Waals surface area contributed by atoms with Gasteiger partial charge in [-0.25, -0.2) is 0 Å². The van der Waals surface area contributed by atoms with Crippen LogP contribution in [0.3, 0.4) is 0 Å². The molecule has 2 amide bonds. The van der Waals surface area contributed by atoms with Crippen molar-refractivity contribution in [2.24, 2.45) is 10.2 Å². The minimum Gasteiger partial charge on any atom is -0.493 e. The molecule has 0 bridgehead atoms. The summed E-state index contributed by atoms with van der Waals surface area (Å²) in [5.74, 6) is 0.478. The SMILES string of the molecule is COc1cc(C(=O)N2Cc3ccccc3C[C@H]2CO)c(N=[N+]=[N-])cc1OCCCCCOc1cc(N=[N+]=[N-])c(C(=O)N2c3ccncc3C[C@H]2CO[Si](C)(C)C(C)(C)C)cc1OC. The van der Waals surface area contributed by atoms with Gasteiger partial charge in [0.15, 0.2) is 31.3 Å². The molecule has 332 valence electrons. The van der Waals surface area contributed by atoms with Crippen LogP contribution in [0.4, 0.5) is 17.1 Å². The van der Waals surface area contributed by atoms with Crippen LogP contribution in [0, 0.1) is 0 Å². The summed E-state index contributed by atoms with van der Waals surface area (Å²) in [5.41, 5.74) is 23.1. The maximum Gasteiger partial charge on any atom is 0.259 e. The van der Waals surface area contributed by atoms with Gasteiger partial charge in [-0.2, -0.15) is 0 Å². The second-order valence-corrected chi connectivity index (χ2v) is 21.8. The number of carbonyl (C=O) groups excluding carboxylic acids is 2. The zero-order chi connectivity index (χ0) is 45.3. The Morgan fingerprint density at radius 1 is 0.810 bits per heavy atom. The summed E-state index contributed by atoms with van der Waals surface area (Å²) >= 11 is 0. The third kappa shape index (κ3) is 10.3. The first-order chi connectivity index (χ1) is 30.2. The Kier molecular flexibility index (Phi) is 14.9. The molecule has 2 atom stereocenters. The van der Waals surface area contributed by atoms with Gasteiger partial charge < -0.3 is 38.3 Å². The quantitative estimate of drug-likeness (QED) is 0.0330. The fourth-order valence-corrected chi connectivity index (χ4v) is 8.59. The summed E-state index contributed by atoms with van der Waals surface area (Å²) in [6.45, 7) is 11.9. The first-order valence-electron chi connectivity index (χ1n) is 20.9. The van der Waals surface area contributed by atoms with Crippen LogP contribution in [0.2, 0.25) is 18.1 Å². The number of fused-ring (bicyclic) bond motifs is 2. The van der Waals surface area contributed by atoms with Crippen molar-refractivity contribution in [1.82, 2.24) is 9.88 Å². The van der Waals surface area contributed by atoms with E-state index < -0.39 is 20.3 Å². The summed E-state index contributed by atoms with van der Waals surface area (Å²) in [5, 5.41) is 17.9. The van der Waals surface area contributed by atoms with Crippen molar-refractivity contribution in [3.8, 4) is 23.0 Å². The molecule has 63 heavy (non-hydrogen) atoms. The van der Waals surface area contributed by atoms with Crippen molar-refractivity contribution in [3.05, 3.63) is 116 Å². The molecule has 3 heterocycles. The Bertz CT molecular complexity index is 2410. The normalized spacial score (nSPS) is 15.7. The molecular weight excluding hydrogens is 823 g/mol. The Labute approximate surface area is 368 Å². The van der Waals surface area contributed by atoms with Gasteiger partial charge in [-0.15, -0.1) is 0 Å². The number of hydrogen-bond donors (Lipinski definition) is 1. The smallest absolute Gasteiger partial charge is 0.259 e. The predicted octanol–water partition coefficient (Wildman–Crippen LogP) is 9.76. The van der Waals surface area contributed by atoms with Crippen LogP contribution in [0.25, 0.3) is 20.9 Å². The molecular formula is C45H55N9O8Si. The molecule has 4 aromatic rings. The molecule has 0 radical (unpaired) electrons. The molecule has 2 aliphatic rings. The highest BCUT2D eigenvalue weighted by molar-refractivity contribution is 6.74. The van der Waals surface area contributed by atoms with Gasteiger partial charge in [-0.05, 0) is 108 Å². The average Bonchev–Trinajstić information content (AvgIpc) is 3.65. The third-order valence-corrected chi connectivity index (χ3v) is 16.6. The van der Waals surface area contributed by atoms with Crippen molar-refractivity contribution in [3.63, 3.8) is 0 Å². The van der Waals surface area contributed by atoms with E-state index in [9.17, 15) is 25.8 Å². The van der Waals surface area contributed by atoms with Gasteiger partial charge in [-0.3, -0.25) is 14.6 Å². The summed E-state index contributed by atoms with van der Waals surface area (Å²) in [6, 6.07) is 14.9. The molecule has 0 saturated carbocycles. The maximum absolute atomic E-state index is 14.5. The molecule has 1 aromatic heterocycles. The number of carbonyl (C=O) groups is 2. The molecule has 0 spiro atoms. The molecule has 0 saturated heterocycles. The topological polar surface area (TPSA) is 217 Å². The second-order valence-electron chi connectivity index (χ2n) is 17.0. The Hall–Kier alpha value is -6.29. The van der Waals surface area contributed by atoms with Gasteiger partial charge in [0, 0.05) is 28.8 Å². The van der Waals surface area contributed by atoms with Crippen LogP contribution >= 0.6 is 0 Å². The van der Waals surface area contributed by atoms with E-state index in [-0.39, 0.29) is 59.3 Å². The van der Waals surface area contributed by atoms with Crippen molar-refractivity contribution < 1.29 is 38.1 Å². The van der Waals surface area contributed by atoms with Gasteiger partial charge in [0.25, 0.3) is 11.8 Å². The standard InChI is InChI=1S/C45H55N9O8Si/c1-45(2,3)63(6,7)62-28-33-20-31-25-48-16-15-38(31)54(33)44(57)35-22-40(59-5)42(24-37(35)50-52-47)61-18-12-8-11-17-60-41-23-36(49-51-46)34(21-39(41)58-4)43(56)53-26-30-14-10-9-13-29(30)19-32(53)27-55/h9-10,13-16,21-25,32-33,55H,8,11-12,17-20,26-28H2,1-7H3/t32-,33-/m0/s1. The molecule has 17 nitrogen and oxygen atoms in total. The zero-order valence-electron chi connectivity index (χ0n) is 36.9. The number of unbranched alkanes of at least 4 members (excludes halogenated alkanes) is 2. The summed E-state index contributed by atoms with van der Waals surface area (Å²) in [7, 11) is 0.810. The van der Waals surface area contributed by atoms with Crippen LogP contribution in [0.15, 0.2) is 77.2 Å². The number of aliphatic hydroxyl groups is 1. The van der Waals surface area contributed by atoms with Crippen molar-refractivity contribution in [2.75, 3.05) is 45.5 Å². The fraction of sp³-hybridized carbons (Fsp3) is 0.444. The number of hydrogen-bond acceptors (Lipinski definition) is 11. The molecule has 18 heteroatoms. The van der Waals surface area contributed by atoms with E-state index in [1.165, 1.54) is 32.4 Å². The second kappa shape index (κ2) is 20.3. The lowest BCUT2D eigenvalue weighted by Crippen LogP contribution is -2.47. The lowest BCUT2D eigenvalue weighted by molar-refractivity contribution is 0.0544. The molecule has 3 aromatic carbocycles. The van der Waals surface area contributed by atoms with Gasteiger partial charge in [0.2, 0.25) is 0 Å². The van der Waals surface area contributed by atoms with Crippen LogP contribution in [0.1, 0.15) is 77.4 Å². The molecule has 0 aliphatic carbocycles. The third-order valence-electron chi connectivity index (χ3n) is 12.1. The molecule has 0 fully saturated rings. The first-order valence-corrected chi connectivity index (χ1v) is 23.8. The summed E-state index contributed by atoms with van der Waals surface area (Å²) < 4.78 is 30.0. The van der Waals surface area contributed by atoms with Gasteiger partial charge >= 0.3 is 0 Å². The Morgan fingerprint density at radius 3 is 1.94 bits per heavy atom. The van der Waals surface area contributed by atoms with Crippen molar-refractivity contribution >= 4 is 37.2 Å². The van der Waals surface area contributed by atoms with Gasteiger partial charge in [0.05, 0.1) is 80.9 Å². The van der Waals surface area contributed by atoms with Crippen LogP contribution < -0.4 is 23.8 Å². The van der Waals surface area contributed by atoms with Gasteiger partial charge in [0.1, 0.15) is 0 Å². The minimum atomic E-state index is -2.14. The number of amides is 2. The lowest BCUT2D eigenvalue weighted by atomic mass is 9.93. The Morgan fingerprint density at radius 2 is 1.38 bits per heavy atom. The van der Waals surface area contributed by atoms with Crippen molar-refractivity contribution in [2.45, 2.75) is 89.6 Å². The minimum absolute atomic E-state index is 0.0140. The number of methoxy groups -OCH3 is 2. The van der Waals surface area contributed by atoms with Gasteiger partial charge in [-0.1, -0.05) is 55.3 Å². The van der Waals surface area contributed by atoms with E-state index in [1.807, 2.05) is 30.3 Å². The number of anilines is 1. The summed E-state index contributed by atoms with van der Waals surface area (Å²) in [6.07, 6.45) is 6.43. The maximum atomic E-state index is 14.5. The van der Waals surface area contributed by atoms with E-state index in [0.29, 0.717) is 68.3 Å². The number of aliphatic hydroxyl groups excluding tert-OH is 1. The molecule has 0 unspecified atom stereocenters. The highest BCUT2D eigenvalue weighted by Crippen LogP contribution is 2.42. The number of aromatic nitrogens is 1. The van der Waals surface area contributed by atoms with Crippen LogP contribution in [-0.2, 0) is 23.8 Å². The number of ether oxygens (including phenoxy) is 4. The highest BCUT2D eigenvalue weighted by Gasteiger charge is 2.41. The largest absolute Gasteiger partial charge is 0.493 e. The zero-order valence-corrected chi connectivity index (χ0v) is 37.9. The molecule has 1 N–H and O–H groups in total. The van der Waals surface area contributed by atoms with E-state index in [4.69, 9.17) is 23.4 Å². The first kappa shape index (κ1) is 46.2. The molecule has 6 rings (SSSR count). The molecule has 2 aliphatic heterocycles. The average molecular weight is 878 g/mol. The van der Waals surface area contributed by atoms with E-state index in [1.54, 1.807) is 28.3 Å². The number of rotatable bonds is 18. The van der Waals surface area contributed by atoms with Crippen molar-refractivity contribution in [1.29, 1.82) is 0 Å². The number of azide groups is 2. The summed E-state index contributed by atoms with van der Waals surface area (Å²) in [4.78, 5) is 41.9. The Balaban J connectivity index is 1.08. The van der Waals surface area contributed by atoms with E-state index in [0.717, 1.165) is 22.4 Å².